The van der Waals surface area contributed by atoms with Gasteiger partial charge in [0.25, 0.3) is 0 Å². The van der Waals surface area contributed by atoms with Crippen molar-refractivity contribution in [1.29, 1.82) is 0 Å². The Labute approximate surface area is 139 Å². The summed E-state index contributed by atoms with van der Waals surface area (Å²) in [5, 5.41) is 0. The largest absolute Gasteiger partial charge is 0.326 e. The van der Waals surface area contributed by atoms with E-state index in [2.05, 4.69) is 63.8 Å². The molecule has 0 radical (unpaired) electrons. The standard InChI is InChI=1S/C21H26N2/c1-6-16-7-8-17(12-18(16)13-22)20-10-9-19(15(4)5)21(23-20)11-14(2)3/h7-12H,4,6,13,22H2,1-3,5H3. The van der Waals surface area contributed by atoms with Gasteiger partial charge in [-0.3, -0.25) is 0 Å². The molecule has 0 saturated carbocycles. The second kappa shape index (κ2) is 7.38. The maximum absolute atomic E-state index is 5.89. The molecule has 1 heterocycles. The molecule has 2 nitrogen and oxygen atoms in total. The normalized spacial score (nSPS) is 10.5. The van der Waals surface area contributed by atoms with E-state index in [1.54, 1.807) is 0 Å². The summed E-state index contributed by atoms with van der Waals surface area (Å²) in [7, 11) is 0. The molecule has 0 amide bonds. The predicted molar refractivity (Wildman–Crippen MR) is 101 cm³/mol. The fraction of sp³-hybridized carbons (Fsp3) is 0.286. The zero-order valence-corrected chi connectivity index (χ0v) is 14.6. The Morgan fingerprint density at radius 2 is 1.87 bits per heavy atom. The van der Waals surface area contributed by atoms with Gasteiger partial charge >= 0.3 is 0 Å². The summed E-state index contributed by atoms with van der Waals surface area (Å²) < 4.78 is 0. The average molecular weight is 306 g/mol. The third-order valence-electron chi connectivity index (χ3n) is 3.91. The van der Waals surface area contributed by atoms with Crippen molar-refractivity contribution in [3.05, 3.63) is 64.9 Å². The Balaban J connectivity index is 2.56. The second-order valence-electron chi connectivity index (χ2n) is 6.17. The molecule has 1 aromatic carbocycles. The van der Waals surface area contributed by atoms with Crippen molar-refractivity contribution in [3.63, 3.8) is 0 Å². The van der Waals surface area contributed by atoms with Crippen molar-refractivity contribution < 1.29 is 0 Å². The smallest absolute Gasteiger partial charge is 0.0711 e. The highest BCUT2D eigenvalue weighted by molar-refractivity contribution is 5.73. The first-order valence-electron chi connectivity index (χ1n) is 8.10. The van der Waals surface area contributed by atoms with Gasteiger partial charge < -0.3 is 5.73 Å². The highest BCUT2D eigenvalue weighted by Crippen LogP contribution is 2.26. The van der Waals surface area contributed by atoms with Crippen LogP contribution in [-0.2, 0) is 13.0 Å². The maximum Gasteiger partial charge on any atom is 0.0711 e. The second-order valence-corrected chi connectivity index (χ2v) is 6.17. The molecule has 23 heavy (non-hydrogen) atoms. The van der Waals surface area contributed by atoms with E-state index in [1.807, 2.05) is 6.92 Å². The van der Waals surface area contributed by atoms with Gasteiger partial charge in [0.05, 0.1) is 11.4 Å². The summed E-state index contributed by atoms with van der Waals surface area (Å²) in [5.41, 5.74) is 14.8. The zero-order valence-electron chi connectivity index (χ0n) is 14.6. The van der Waals surface area contributed by atoms with Crippen molar-refractivity contribution in [3.8, 4) is 11.3 Å². The molecule has 0 aliphatic carbocycles. The highest BCUT2D eigenvalue weighted by Gasteiger charge is 2.08. The lowest BCUT2D eigenvalue weighted by Crippen LogP contribution is -2.02. The SMILES string of the molecule is C=C(C)c1ccc(-c2ccc(CC)c(CN)c2)nc1C=C(C)C. The Bertz CT molecular complexity index is 750. The number of hydrogen-bond acceptors (Lipinski definition) is 2. The Morgan fingerprint density at radius 1 is 1.13 bits per heavy atom. The highest BCUT2D eigenvalue weighted by atomic mass is 14.7. The van der Waals surface area contributed by atoms with Crippen LogP contribution < -0.4 is 5.73 Å². The quantitative estimate of drug-likeness (QED) is 0.822. The molecule has 0 aliphatic heterocycles. The van der Waals surface area contributed by atoms with E-state index in [0.29, 0.717) is 6.54 Å². The van der Waals surface area contributed by atoms with Gasteiger partial charge in [-0.2, -0.15) is 0 Å². The van der Waals surface area contributed by atoms with Crippen molar-refractivity contribution in [2.75, 3.05) is 0 Å². The van der Waals surface area contributed by atoms with Crippen LogP contribution in [0.2, 0.25) is 0 Å². The van der Waals surface area contributed by atoms with Crippen LogP contribution >= 0.6 is 0 Å². The van der Waals surface area contributed by atoms with Crippen LogP contribution in [0.15, 0.2) is 42.5 Å². The minimum atomic E-state index is 0.557. The first kappa shape index (κ1) is 17.2. The van der Waals surface area contributed by atoms with Gasteiger partial charge in [0.1, 0.15) is 0 Å². The lowest BCUT2D eigenvalue weighted by molar-refractivity contribution is 1.00. The molecule has 0 spiro atoms. The number of benzene rings is 1. The molecule has 2 heteroatoms. The van der Waals surface area contributed by atoms with Crippen LogP contribution in [-0.4, -0.2) is 4.98 Å². The first-order chi connectivity index (χ1) is 11.0. The van der Waals surface area contributed by atoms with E-state index in [9.17, 15) is 0 Å². The third kappa shape index (κ3) is 3.96. The molecule has 2 N–H and O–H groups in total. The predicted octanol–water partition coefficient (Wildman–Crippen LogP) is 5.23. The van der Waals surface area contributed by atoms with Crippen molar-refractivity contribution in [2.45, 2.75) is 40.7 Å². The summed E-state index contributed by atoms with van der Waals surface area (Å²) >= 11 is 0. The number of nitrogens with two attached hydrogens (primary N) is 1. The molecule has 0 aliphatic rings. The van der Waals surface area contributed by atoms with Crippen LogP contribution in [0, 0.1) is 0 Å². The van der Waals surface area contributed by atoms with Gasteiger partial charge in [-0.05, 0) is 62.1 Å². The van der Waals surface area contributed by atoms with Gasteiger partial charge in [-0.25, -0.2) is 4.98 Å². The van der Waals surface area contributed by atoms with Gasteiger partial charge in [0.15, 0.2) is 0 Å². The lowest BCUT2D eigenvalue weighted by atomic mass is 9.98. The number of aromatic nitrogens is 1. The molecule has 2 aromatic rings. The molecule has 0 unspecified atom stereocenters. The van der Waals surface area contributed by atoms with Crippen molar-refractivity contribution >= 4 is 11.6 Å². The molecule has 1 aromatic heterocycles. The van der Waals surface area contributed by atoms with Gasteiger partial charge in [-0.15, -0.1) is 0 Å². The summed E-state index contributed by atoms with van der Waals surface area (Å²) in [5.74, 6) is 0. The summed E-state index contributed by atoms with van der Waals surface area (Å²) in [6, 6.07) is 10.6. The van der Waals surface area contributed by atoms with Crippen LogP contribution in [0.5, 0.6) is 0 Å². The van der Waals surface area contributed by atoms with E-state index in [1.165, 1.54) is 16.7 Å². The average Bonchev–Trinajstić information content (AvgIpc) is 2.53. The van der Waals surface area contributed by atoms with Gasteiger partial charge in [0, 0.05) is 17.7 Å². The Hall–Kier alpha value is -2.19. The molecule has 0 bridgehead atoms. The molecule has 0 saturated heterocycles. The third-order valence-corrected chi connectivity index (χ3v) is 3.91. The number of hydrogen-bond donors (Lipinski definition) is 1. The van der Waals surface area contributed by atoms with Gasteiger partial charge in [-0.1, -0.05) is 37.3 Å². The summed E-state index contributed by atoms with van der Waals surface area (Å²) in [4.78, 5) is 4.86. The molecule has 0 atom stereocenters. The molecule has 2 rings (SSSR count). The van der Waals surface area contributed by atoms with E-state index < -0.39 is 0 Å². The zero-order chi connectivity index (χ0) is 17.0. The molecular weight excluding hydrogens is 280 g/mol. The number of aryl methyl sites for hydroxylation is 1. The van der Waals surface area contributed by atoms with Crippen LogP contribution in [0.3, 0.4) is 0 Å². The number of rotatable bonds is 5. The Kier molecular flexibility index (Phi) is 5.51. The molecule has 0 fully saturated rings. The van der Waals surface area contributed by atoms with E-state index in [-0.39, 0.29) is 0 Å². The van der Waals surface area contributed by atoms with E-state index in [0.717, 1.165) is 34.5 Å². The molecular formula is C21H26N2. The minimum absolute atomic E-state index is 0.557. The fourth-order valence-electron chi connectivity index (χ4n) is 2.70. The first-order valence-corrected chi connectivity index (χ1v) is 8.10. The Morgan fingerprint density at radius 3 is 2.43 bits per heavy atom. The summed E-state index contributed by atoms with van der Waals surface area (Å²) in [6.45, 7) is 13.0. The molecule has 120 valence electrons. The monoisotopic (exact) mass is 306 g/mol. The van der Waals surface area contributed by atoms with Crippen molar-refractivity contribution in [2.24, 2.45) is 5.73 Å². The topological polar surface area (TPSA) is 38.9 Å². The van der Waals surface area contributed by atoms with Crippen molar-refractivity contribution in [1.82, 2.24) is 4.98 Å². The summed E-state index contributed by atoms with van der Waals surface area (Å²) in [6.07, 6.45) is 3.11. The van der Waals surface area contributed by atoms with E-state index >= 15 is 0 Å². The minimum Gasteiger partial charge on any atom is -0.326 e. The number of allylic oxidation sites excluding steroid dienone is 2. The van der Waals surface area contributed by atoms with Crippen LogP contribution in [0.1, 0.15) is 50.1 Å². The lowest BCUT2D eigenvalue weighted by Gasteiger charge is -2.11. The van der Waals surface area contributed by atoms with Crippen LogP contribution in [0.25, 0.3) is 22.9 Å². The van der Waals surface area contributed by atoms with Crippen LogP contribution in [0.4, 0.5) is 0 Å². The number of nitrogens with zero attached hydrogens (tertiary/aromatic N) is 1. The number of pyridine rings is 1. The van der Waals surface area contributed by atoms with E-state index in [4.69, 9.17) is 10.7 Å². The fourth-order valence-corrected chi connectivity index (χ4v) is 2.70. The van der Waals surface area contributed by atoms with Gasteiger partial charge in [0.2, 0.25) is 0 Å². The maximum atomic E-state index is 5.89.